The molecule has 8 nitrogen and oxygen atoms in total. The van der Waals surface area contributed by atoms with E-state index in [0.717, 1.165) is 4.90 Å². The Hall–Kier alpha value is -1.79. The number of hydrogen-bond donors (Lipinski definition) is 1. The van der Waals surface area contributed by atoms with Gasteiger partial charge >= 0.3 is 19.2 Å². The van der Waals surface area contributed by atoms with Crippen molar-refractivity contribution in [2.24, 2.45) is 5.41 Å². The molecule has 0 aliphatic carbocycles. The lowest BCUT2D eigenvalue weighted by atomic mass is 9.73. The molecule has 0 saturated carbocycles. The zero-order valence-electron chi connectivity index (χ0n) is 16.1. The number of likely N-dealkylation sites (tertiary alicyclic amines) is 1. The number of methoxy groups -OCH3 is 1. The van der Waals surface area contributed by atoms with Crippen LogP contribution >= 0.6 is 0 Å². The maximum atomic E-state index is 12.2. The van der Waals surface area contributed by atoms with Gasteiger partial charge in [0.15, 0.2) is 6.04 Å². The summed E-state index contributed by atoms with van der Waals surface area (Å²) in [7, 11) is 0.817. The first-order valence-corrected chi connectivity index (χ1v) is 8.84. The summed E-state index contributed by atoms with van der Waals surface area (Å²) in [5.41, 5.74) is -1.94. The Morgan fingerprint density at radius 3 is 2.35 bits per heavy atom. The van der Waals surface area contributed by atoms with E-state index < -0.39 is 34.7 Å². The molecule has 1 amide bonds. The average molecular weight is 366 g/mol. The molecule has 2 heterocycles. The van der Waals surface area contributed by atoms with Crippen LogP contribution in [0.3, 0.4) is 0 Å². The molecule has 2 rings (SSSR count). The zero-order valence-corrected chi connectivity index (χ0v) is 16.1. The predicted octanol–water partition coefficient (Wildman–Crippen LogP) is 2.29. The summed E-state index contributed by atoms with van der Waals surface area (Å²) >= 11 is 0. The molecular weight excluding hydrogens is 339 g/mol. The summed E-state index contributed by atoms with van der Waals surface area (Å²) in [4.78, 5) is 24.6. The van der Waals surface area contributed by atoms with Crippen molar-refractivity contribution < 1.29 is 28.7 Å². The molecule has 0 radical (unpaired) electrons. The molecule has 0 bridgehead atoms. The minimum Gasteiger partial charge on any atom is -0.467 e. The predicted molar refractivity (Wildman–Crippen MR) is 93.3 cm³/mol. The lowest BCUT2D eigenvalue weighted by Crippen LogP contribution is -2.48. The SMILES string of the molecule is COC(=O)C1N(C(=O)O)CCC1(C#N)CCCB1OC(C)(C)C(C)(C)O1. The molecule has 9 heteroatoms. The van der Waals surface area contributed by atoms with E-state index in [4.69, 9.17) is 14.0 Å². The van der Waals surface area contributed by atoms with Gasteiger partial charge in [-0.05, 0) is 46.9 Å². The van der Waals surface area contributed by atoms with Gasteiger partial charge in [-0.1, -0.05) is 6.42 Å². The number of rotatable bonds is 5. The third-order valence-corrected chi connectivity index (χ3v) is 5.89. The average Bonchev–Trinajstić information content (AvgIpc) is 3.02. The molecule has 2 fully saturated rings. The molecule has 0 aromatic carbocycles. The monoisotopic (exact) mass is 366 g/mol. The van der Waals surface area contributed by atoms with Crippen molar-refractivity contribution >= 4 is 19.2 Å². The van der Waals surface area contributed by atoms with E-state index in [1.807, 2.05) is 27.7 Å². The van der Waals surface area contributed by atoms with E-state index in [1.54, 1.807) is 0 Å². The topological polar surface area (TPSA) is 109 Å². The van der Waals surface area contributed by atoms with Gasteiger partial charge in [0.05, 0.1) is 29.8 Å². The molecule has 0 spiro atoms. The van der Waals surface area contributed by atoms with Crippen LogP contribution in [0, 0.1) is 16.7 Å². The van der Waals surface area contributed by atoms with Crippen molar-refractivity contribution in [1.29, 1.82) is 5.26 Å². The normalized spacial score (nSPS) is 29.5. The number of esters is 1. The quantitative estimate of drug-likeness (QED) is 0.587. The van der Waals surface area contributed by atoms with Crippen LogP contribution < -0.4 is 0 Å². The number of ether oxygens (including phenoxy) is 1. The van der Waals surface area contributed by atoms with Crippen molar-refractivity contribution in [3.05, 3.63) is 0 Å². The van der Waals surface area contributed by atoms with E-state index >= 15 is 0 Å². The van der Waals surface area contributed by atoms with Crippen LogP contribution in [0.25, 0.3) is 0 Å². The number of carbonyl (C=O) groups excluding carboxylic acids is 1. The molecule has 2 aliphatic rings. The Balaban J connectivity index is 2.05. The number of amides is 1. The second kappa shape index (κ2) is 7.08. The molecule has 0 aromatic heterocycles. The van der Waals surface area contributed by atoms with E-state index in [0.29, 0.717) is 25.6 Å². The van der Waals surface area contributed by atoms with Crippen molar-refractivity contribution in [2.45, 2.75) is 70.5 Å². The maximum Gasteiger partial charge on any atom is 0.457 e. The number of nitrogens with zero attached hydrogens (tertiary/aromatic N) is 2. The van der Waals surface area contributed by atoms with Crippen molar-refractivity contribution in [3.8, 4) is 6.07 Å². The summed E-state index contributed by atoms with van der Waals surface area (Å²) in [6.07, 6.45) is 0.599. The third-order valence-electron chi connectivity index (χ3n) is 5.89. The minimum absolute atomic E-state index is 0.138. The van der Waals surface area contributed by atoms with Gasteiger partial charge in [-0.15, -0.1) is 0 Å². The fourth-order valence-electron chi connectivity index (χ4n) is 3.66. The minimum atomic E-state index is -1.22. The Morgan fingerprint density at radius 2 is 1.88 bits per heavy atom. The van der Waals surface area contributed by atoms with Gasteiger partial charge < -0.3 is 19.2 Å². The summed E-state index contributed by atoms with van der Waals surface area (Å²) in [6, 6.07) is 1.09. The van der Waals surface area contributed by atoms with Crippen LogP contribution in [0.4, 0.5) is 4.79 Å². The molecule has 2 atom stereocenters. The van der Waals surface area contributed by atoms with Gasteiger partial charge in [0.1, 0.15) is 0 Å². The Morgan fingerprint density at radius 1 is 1.31 bits per heavy atom. The van der Waals surface area contributed by atoms with Gasteiger partial charge in [0.2, 0.25) is 0 Å². The first kappa shape index (κ1) is 20.5. The molecule has 1 N–H and O–H groups in total. The molecular formula is C17H27BN2O6. The fourth-order valence-corrected chi connectivity index (χ4v) is 3.66. The molecule has 2 saturated heterocycles. The van der Waals surface area contributed by atoms with Crippen molar-refractivity contribution in [2.75, 3.05) is 13.7 Å². The Kier molecular flexibility index (Phi) is 5.59. The van der Waals surface area contributed by atoms with Crippen LogP contribution in [-0.4, -0.2) is 60.1 Å². The highest BCUT2D eigenvalue weighted by molar-refractivity contribution is 6.45. The highest BCUT2D eigenvalue weighted by Crippen LogP contribution is 2.43. The fraction of sp³-hybridized carbons (Fsp3) is 0.824. The summed E-state index contributed by atoms with van der Waals surface area (Å²) in [5, 5.41) is 19.1. The van der Waals surface area contributed by atoms with Crippen LogP contribution in [0.15, 0.2) is 0 Å². The second-order valence-electron chi connectivity index (χ2n) is 8.00. The standard InChI is InChI=1S/C17H27BN2O6/c1-15(2)16(3,4)26-18(25-15)9-6-7-17(11-19)8-10-20(14(22)23)12(17)13(21)24-5/h12H,6-10H2,1-5H3,(H,22,23). The number of nitriles is 1. The first-order chi connectivity index (χ1) is 12.0. The van der Waals surface area contributed by atoms with Gasteiger partial charge in [-0.25, -0.2) is 9.59 Å². The van der Waals surface area contributed by atoms with E-state index in [1.165, 1.54) is 7.11 Å². The molecule has 26 heavy (non-hydrogen) atoms. The lowest BCUT2D eigenvalue weighted by Gasteiger charge is -2.32. The van der Waals surface area contributed by atoms with Gasteiger partial charge in [-0.3, -0.25) is 4.90 Å². The van der Waals surface area contributed by atoms with E-state index in [2.05, 4.69) is 6.07 Å². The van der Waals surface area contributed by atoms with Gasteiger partial charge in [0.25, 0.3) is 0 Å². The Bertz CT molecular complexity index is 601. The van der Waals surface area contributed by atoms with E-state index in [9.17, 15) is 20.0 Å². The zero-order chi connectivity index (χ0) is 19.8. The van der Waals surface area contributed by atoms with Crippen LogP contribution in [-0.2, 0) is 18.8 Å². The lowest BCUT2D eigenvalue weighted by molar-refractivity contribution is -0.147. The molecule has 2 unspecified atom stereocenters. The highest BCUT2D eigenvalue weighted by atomic mass is 16.7. The molecule has 0 aromatic rings. The Labute approximate surface area is 154 Å². The summed E-state index contributed by atoms with van der Waals surface area (Å²) in [5.74, 6) is -0.693. The largest absolute Gasteiger partial charge is 0.467 e. The number of carboxylic acid groups (broad SMARTS) is 1. The number of carbonyl (C=O) groups is 2. The summed E-state index contributed by atoms with van der Waals surface area (Å²) < 4.78 is 16.7. The van der Waals surface area contributed by atoms with Crippen molar-refractivity contribution in [1.82, 2.24) is 4.90 Å². The molecule has 144 valence electrons. The smallest absolute Gasteiger partial charge is 0.457 e. The van der Waals surface area contributed by atoms with Crippen molar-refractivity contribution in [3.63, 3.8) is 0 Å². The first-order valence-electron chi connectivity index (χ1n) is 8.84. The van der Waals surface area contributed by atoms with Gasteiger partial charge in [0, 0.05) is 6.54 Å². The maximum absolute atomic E-state index is 12.2. The summed E-state index contributed by atoms with van der Waals surface area (Å²) in [6.45, 7) is 8.02. The van der Waals surface area contributed by atoms with Crippen LogP contribution in [0.5, 0.6) is 0 Å². The highest BCUT2D eigenvalue weighted by Gasteiger charge is 2.55. The number of hydrogen-bond acceptors (Lipinski definition) is 6. The molecule has 2 aliphatic heterocycles. The van der Waals surface area contributed by atoms with Crippen LogP contribution in [0.2, 0.25) is 6.32 Å². The van der Waals surface area contributed by atoms with E-state index in [-0.39, 0.29) is 13.7 Å². The van der Waals surface area contributed by atoms with Gasteiger partial charge in [-0.2, -0.15) is 5.26 Å². The second-order valence-corrected chi connectivity index (χ2v) is 8.00. The van der Waals surface area contributed by atoms with Crippen LogP contribution in [0.1, 0.15) is 47.0 Å². The third kappa shape index (κ3) is 3.53.